The summed E-state index contributed by atoms with van der Waals surface area (Å²) in [5, 5.41) is 0. The van der Waals surface area contributed by atoms with Crippen LogP contribution in [0.1, 0.15) is 33.6 Å². The fraction of sp³-hybridized carbons (Fsp3) is 0.333. The van der Waals surface area contributed by atoms with Gasteiger partial charge in [0.15, 0.2) is 0 Å². The van der Waals surface area contributed by atoms with Gasteiger partial charge in [0.1, 0.15) is 5.82 Å². The first kappa shape index (κ1) is 19.0. The van der Waals surface area contributed by atoms with Crippen molar-refractivity contribution in [3.63, 3.8) is 0 Å². The van der Waals surface area contributed by atoms with E-state index in [9.17, 15) is 9.59 Å². The maximum Gasteiger partial charge on any atom is 0.254 e. The molecule has 3 aromatic heterocycles. The number of rotatable bonds is 2. The molecule has 5 rings (SSSR count). The summed E-state index contributed by atoms with van der Waals surface area (Å²) in [5.74, 6) is 0.285. The number of fused-ring (bicyclic) bond motifs is 2. The van der Waals surface area contributed by atoms with Gasteiger partial charge in [0.2, 0.25) is 5.56 Å². The topological polar surface area (TPSA) is 114 Å². The monoisotopic (exact) mass is 423 g/mol. The van der Waals surface area contributed by atoms with Gasteiger partial charge in [0.05, 0.1) is 35.2 Å². The highest BCUT2D eigenvalue weighted by atomic mass is 32.1. The molecule has 0 radical (unpaired) electrons. The Morgan fingerprint density at radius 1 is 1.23 bits per heavy atom. The predicted octanol–water partition coefficient (Wildman–Crippen LogP) is 2.18. The van der Waals surface area contributed by atoms with Crippen molar-refractivity contribution < 1.29 is 9.53 Å². The van der Waals surface area contributed by atoms with Crippen molar-refractivity contribution in [3.05, 3.63) is 63.1 Å². The summed E-state index contributed by atoms with van der Waals surface area (Å²) in [4.78, 5) is 39.6. The molecule has 1 amide bonds. The number of nitrogen functional groups attached to an aromatic ring is 1. The molecule has 0 unspecified atom stereocenters. The molecule has 8 nitrogen and oxygen atoms in total. The van der Waals surface area contributed by atoms with Crippen LogP contribution in [0.3, 0.4) is 0 Å². The molecule has 3 aromatic rings. The number of hydrogen-bond acceptors (Lipinski definition) is 7. The number of nitrogens with zero attached hydrogens (tertiary/aromatic N) is 3. The molecule has 1 fully saturated rings. The Kier molecular flexibility index (Phi) is 4.63. The Bertz CT molecular complexity index is 1150. The molecule has 2 aliphatic rings. The predicted molar refractivity (Wildman–Crippen MR) is 113 cm³/mol. The molecule has 30 heavy (non-hydrogen) atoms. The highest BCUT2D eigenvalue weighted by Crippen LogP contribution is 2.46. The van der Waals surface area contributed by atoms with Gasteiger partial charge in [-0.05, 0) is 30.5 Å². The van der Waals surface area contributed by atoms with Gasteiger partial charge in [0, 0.05) is 42.2 Å². The molecule has 0 aromatic carbocycles. The van der Waals surface area contributed by atoms with Crippen LogP contribution in [0.4, 0.5) is 5.82 Å². The lowest BCUT2D eigenvalue weighted by atomic mass is 9.82. The number of aromatic nitrogens is 3. The number of likely N-dealkylation sites (tertiary alicyclic amines) is 1. The molecule has 5 heterocycles. The first-order chi connectivity index (χ1) is 14.5. The van der Waals surface area contributed by atoms with Gasteiger partial charge >= 0.3 is 0 Å². The summed E-state index contributed by atoms with van der Waals surface area (Å²) < 4.78 is 6.31. The molecular formula is C21H21N5O3S. The van der Waals surface area contributed by atoms with Crippen molar-refractivity contribution in [1.29, 1.82) is 0 Å². The number of amides is 1. The quantitative estimate of drug-likeness (QED) is 0.653. The van der Waals surface area contributed by atoms with Gasteiger partial charge < -0.3 is 20.4 Å². The Morgan fingerprint density at radius 2 is 2.07 bits per heavy atom. The summed E-state index contributed by atoms with van der Waals surface area (Å²) in [7, 11) is 0. The number of nitrogens with two attached hydrogens (primary N) is 1. The second-order valence-electron chi connectivity index (χ2n) is 7.60. The maximum absolute atomic E-state index is 12.8. The minimum Gasteiger partial charge on any atom is -0.382 e. The van der Waals surface area contributed by atoms with Crippen molar-refractivity contribution in [1.82, 2.24) is 19.9 Å². The van der Waals surface area contributed by atoms with Crippen LogP contribution in [-0.4, -0.2) is 45.5 Å². The molecule has 2 aliphatic heterocycles. The van der Waals surface area contributed by atoms with E-state index >= 15 is 0 Å². The number of ether oxygens (including phenoxy) is 1. The van der Waals surface area contributed by atoms with E-state index in [-0.39, 0.29) is 17.1 Å². The number of thiophene rings is 1. The number of carbonyl (C=O) groups is 1. The van der Waals surface area contributed by atoms with E-state index in [4.69, 9.17) is 10.5 Å². The van der Waals surface area contributed by atoms with Crippen LogP contribution in [0, 0.1) is 0 Å². The van der Waals surface area contributed by atoms with Crippen molar-refractivity contribution in [2.24, 2.45) is 0 Å². The van der Waals surface area contributed by atoms with Gasteiger partial charge in [0.25, 0.3) is 5.91 Å². The van der Waals surface area contributed by atoms with Crippen LogP contribution in [0.15, 0.2) is 41.6 Å². The van der Waals surface area contributed by atoms with E-state index in [0.717, 1.165) is 29.8 Å². The molecule has 0 bridgehead atoms. The van der Waals surface area contributed by atoms with Crippen LogP contribution in [-0.2, 0) is 16.8 Å². The highest BCUT2D eigenvalue weighted by molar-refractivity contribution is 7.15. The molecule has 3 N–H and O–H groups in total. The molecular weight excluding hydrogens is 402 g/mol. The van der Waals surface area contributed by atoms with Crippen molar-refractivity contribution in [3.8, 4) is 10.6 Å². The molecule has 0 aliphatic carbocycles. The minimum atomic E-state index is -0.380. The SMILES string of the molecule is Nc1cnc(-c2cc3c(s2)CCOC32CCN(C(=O)c3cc[nH]c(=O)c3)CC2)cn1. The highest BCUT2D eigenvalue weighted by Gasteiger charge is 2.43. The van der Waals surface area contributed by atoms with Gasteiger partial charge in [-0.15, -0.1) is 11.3 Å². The van der Waals surface area contributed by atoms with E-state index in [1.165, 1.54) is 22.7 Å². The maximum atomic E-state index is 12.8. The zero-order valence-corrected chi connectivity index (χ0v) is 17.1. The van der Waals surface area contributed by atoms with Crippen LogP contribution in [0.2, 0.25) is 0 Å². The fourth-order valence-corrected chi connectivity index (χ4v) is 5.45. The standard InChI is InChI=1S/C21H21N5O3S/c22-18-12-24-15(11-25-18)17-10-14-16(30-17)2-8-29-21(14)3-6-26(7-4-21)20(28)13-1-5-23-19(27)9-13/h1,5,9-12H,2-4,6-8H2,(H2,22,25)(H,23,27). The second kappa shape index (κ2) is 7.33. The fourth-order valence-electron chi connectivity index (χ4n) is 4.25. The molecule has 1 spiro atoms. The third kappa shape index (κ3) is 3.29. The lowest BCUT2D eigenvalue weighted by molar-refractivity contribution is -0.0926. The zero-order valence-electron chi connectivity index (χ0n) is 16.3. The molecule has 1 saturated heterocycles. The number of anilines is 1. The van der Waals surface area contributed by atoms with Gasteiger partial charge in [-0.3, -0.25) is 9.59 Å². The zero-order chi connectivity index (χ0) is 20.7. The van der Waals surface area contributed by atoms with E-state index in [1.807, 2.05) is 0 Å². The number of hydrogen-bond donors (Lipinski definition) is 2. The number of pyridine rings is 1. The summed E-state index contributed by atoms with van der Waals surface area (Å²) >= 11 is 1.73. The Labute approximate surface area is 176 Å². The smallest absolute Gasteiger partial charge is 0.254 e. The molecule has 0 saturated carbocycles. The van der Waals surface area contributed by atoms with Gasteiger partial charge in [-0.2, -0.15) is 0 Å². The third-order valence-electron chi connectivity index (χ3n) is 5.81. The van der Waals surface area contributed by atoms with Crippen molar-refractivity contribution in [2.45, 2.75) is 24.9 Å². The van der Waals surface area contributed by atoms with E-state index in [1.54, 1.807) is 34.7 Å². The third-order valence-corrected chi connectivity index (χ3v) is 7.03. The summed E-state index contributed by atoms with van der Waals surface area (Å²) in [5.41, 5.74) is 7.43. The van der Waals surface area contributed by atoms with E-state index < -0.39 is 0 Å². The summed E-state index contributed by atoms with van der Waals surface area (Å²) in [6.07, 6.45) is 7.09. The first-order valence-corrected chi connectivity index (χ1v) is 10.7. The summed E-state index contributed by atoms with van der Waals surface area (Å²) in [6.45, 7) is 1.83. The van der Waals surface area contributed by atoms with Crippen molar-refractivity contribution >= 4 is 23.1 Å². The van der Waals surface area contributed by atoms with E-state index in [2.05, 4.69) is 21.0 Å². The second-order valence-corrected chi connectivity index (χ2v) is 8.74. The van der Waals surface area contributed by atoms with Gasteiger partial charge in [-0.25, -0.2) is 9.97 Å². The number of aromatic amines is 1. The largest absolute Gasteiger partial charge is 0.382 e. The van der Waals surface area contributed by atoms with Crippen molar-refractivity contribution in [2.75, 3.05) is 25.4 Å². The summed E-state index contributed by atoms with van der Waals surface area (Å²) in [6, 6.07) is 5.15. The normalized spacial score (nSPS) is 17.7. The number of carbonyl (C=O) groups excluding carboxylic acids is 1. The number of nitrogens with one attached hydrogen (secondary N) is 1. The first-order valence-electron chi connectivity index (χ1n) is 9.87. The Hall–Kier alpha value is -3.04. The van der Waals surface area contributed by atoms with Crippen LogP contribution in [0.5, 0.6) is 0 Å². The Morgan fingerprint density at radius 3 is 2.80 bits per heavy atom. The van der Waals surface area contributed by atoms with E-state index in [0.29, 0.717) is 31.1 Å². The Balaban J connectivity index is 1.38. The average Bonchev–Trinajstić information content (AvgIpc) is 3.20. The molecule has 9 heteroatoms. The lowest BCUT2D eigenvalue weighted by Crippen LogP contribution is -2.48. The number of piperidine rings is 1. The molecule has 0 atom stereocenters. The number of H-pyrrole nitrogens is 1. The average molecular weight is 423 g/mol. The minimum absolute atomic E-state index is 0.116. The lowest BCUT2D eigenvalue weighted by Gasteiger charge is -2.44. The van der Waals surface area contributed by atoms with Crippen LogP contribution < -0.4 is 11.3 Å². The van der Waals surface area contributed by atoms with Gasteiger partial charge in [-0.1, -0.05) is 0 Å². The van der Waals surface area contributed by atoms with Crippen LogP contribution in [0.25, 0.3) is 10.6 Å². The van der Waals surface area contributed by atoms with Crippen LogP contribution >= 0.6 is 11.3 Å². The molecule has 154 valence electrons.